The molecule has 23 heavy (non-hydrogen) atoms. The van der Waals surface area contributed by atoms with E-state index in [0.717, 1.165) is 23.3 Å². The molecule has 0 bridgehead atoms. The molecule has 120 valence electrons. The molecule has 0 radical (unpaired) electrons. The number of ether oxygens (including phenoxy) is 1. The van der Waals surface area contributed by atoms with Crippen LogP contribution >= 0.6 is 0 Å². The standard InChI is InChI=1S/C19H20FNO2/c1-21(17-11-12-23-18-8-3-2-7-16(17)18)19(22)10-9-14-5-4-6-15(20)13-14/h2-8,13,17H,9-12H2,1H3. The van der Waals surface area contributed by atoms with Gasteiger partial charge in [0.2, 0.25) is 5.91 Å². The smallest absolute Gasteiger partial charge is 0.223 e. The van der Waals surface area contributed by atoms with E-state index >= 15 is 0 Å². The van der Waals surface area contributed by atoms with Crippen LogP contribution < -0.4 is 4.74 Å². The van der Waals surface area contributed by atoms with Crippen LogP contribution in [0.3, 0.4) is 0 Å². The summed E-state index contributed by atoms with van der Waals surface area (Å²) in [4.78, 5) is 14.3. The first kappa shape index (κ1) is 15.5. The number of fused-ring (bicyclic) bond motifs is 1. The molecular formula is C19H20FNO2. The van der Waals surface area contributed by atoms with Gasteiger partial charge >= 0.3 is 0 Å². The molecule has 1 aliphatic rings. The molecule has 1 aliphatic heterocycles. The van der Waals surface area contributed by atoms with Crippen molar-refractivity contribution in [3.05, 3.63) is 65.5 Å². The topological polar surface area (TPSA) is 29.5 Å². The van der Waals surface area contributed by atoms with E-state index in [9.17, 15) is 9.18 Å². The van der Waals surface area contributed by atoms with Crippen molar-refractivity contribution in [2.24, 2.45) is 0 Å². The Balaban J connectivity index is 1.66. The first-order chi connectivity index (χ1) is 11.1. The molecule has 0 aliphatic carbocycles. The van der Waals surface area contributed by atoms with Crippen LogP contribution in [0.2, 0.25) is 0 Å². The molecule has 1 atom stereocenters. The van der Waals surface area contributed by atoms with E-state index in [1.165, 1.54) is 12.1 Å². The van der Waals surface area contributed by atoms with Crippen molar-refractivity contribution in [2.75, 3.05) is 13.7 Å². The number of aryl methyl sites for hydroxylation is 1. The zero-order valence-corrected chi connectivity index (χ0v) is 13.2. The molecule has 0 N–H and O–H groups in total. The van der Waals surface area contributed by atoms with Gasteiger partial charge in [0.05, 0.1) is 12.6 Å². The Morgan fingerprint density at radius 1 is 1.26 bits per heavy atom. The molecule has 0 spiro atoms. The fraction of sp³-hybridized carbons (Fsp3) is 0.316. The van der Waals surface area contributed by atoms with Gasteiger partial charge in [0.15, 0.2) is 0 Å². The summed E-state index contributed by atoms with van der Waals surface area (Å²) in [5.41, 5.74) is 1.90. The zero-order chi connectivity index (χ0) is 16.2. The zero-order valence-electron chi connectivity index (χ0n) is 13.2. The highest BCUT2D eigenvalue weighted by Gasteiger charge is 2.27. The third-order valence-corrected chi connectivity index (χ3v) is 4.30. The highest BCUT2D eigenvalue weighted by Crippen LogP contribution is 2.35. The van der Waals surface area contributed by atoms with E-state index in [1.54, 1.807) is 11.0 Å². The van der Waals surface area contributed by atoms with Gasteiger partial charge in [-0.15, -0.1) is 0 Å². The number of hydrogen-bond donors (Lipinski definition) is 0. The SMILES string of the molecule is CN(C(=O)CCc1cccc(F)c1)C1CCOc2ccccc21. The fourth-order valence-corrected chi connectivity index (χ4v) is 3.02. The van der Waals surface area contributed by atoms with Crippen molar-refractivity contribution in [2.45, 2.75) is 25.3 Å². The monoisotopic (exact) mass is 313 g/mol. The number of halogens is 1. The molecule has 3 rings (SSSR count). The molecule has 1 heterocycles. The van der Waals surface area contributed by atoms with Crippen LogP contribution in [0.4, 0.5) is 4.39 Å². The normalized spacial score (nSPS) is 16.3. The second-order valence-electron chi connectivity index (χ2n) is 5.83. The van der Waals surface area contributed by atoms with Crippen LogP contribution in [0.25, 0.3) is 0 Å². The van der Waals surface area contributed by atoms with Gasteiger partial charge in [0.1, 0.15) is 11.6 Å². The molecule has 0 fully saturated rings. The Kier molecular flexibility index (Phi) is 4.60. The van der Waals surface area contributed by atoms with E-state index in [0.29, 0.717) is 19.4 Å². The lowest BCUT2D eigenvalue weighted by Gasteiger charge is -2.33. The third kappa shape index (κ3) is 3.52. The summed E-state index contributed by atoms with van der Waals surface area (Å²) < 4.78 is 18.8. The van der Waals surface area contributed by atoms with Gasteiger partial charge in [0, 0.05) is 25.5 Å². The molecule has 1 unspecified atom stereocenters. The quantitative estimate of drug-likeness (QED) is 0.860. The first-order valence-corrected chi connectivity index (χ1v) is 7.87. The predicted octanol–water partition coefficient (Wildman–Crippen LogP) is 3.74. The van der Waals surface area contributed by atoms with Crippen molar-refractivity contribution in [1.29, 1.82) is 0 Å². The second-order valence-corrected chi connectivity index (χ2v) is 5.83. The molecule has 0 aromatic heterocycles. The van der Waals surface area contributed by atoms with Crippen LogP contribution in [0.15, 0.2) is 48.5 Å². The maximum atomic E-state index is 13.2. The van der Waals surface area contributed by atoms with Crippen molar-refractivity contribution < 1.29 is 13.9 Å². The minimum atomic E-state index is -0.262. The van der Waals surface area contributed by atoms with E-state index in [4.69, 9.17) is 4.74 Å². The number of carbonyl (C=O) groups excluding carboxylic acids is 1. The van der Waals surface area contributed by atoms with Crippen LogP contribution in [-0.2, 0) is 11.2 Å². The summed E-state index contributed by atoms with van der Waals surface area (Å²) in [7, 11) is 1.83. The fourth-order valence-electron chi connectivity index (χ4n) is 3.02. The Hall–Kier alpha value is -2.36. The van der Waals surface area contributed by atoms with Crippen molar-refractivity contribution in [1.82, 2.24) is 4.90 Å². The van der Waals surface area contributed by atoms with Crippen LogP contribution in [0, 0.1) is 5.82 Å². The Bertz CT molecular complexity index is 701. The van der Waals surface area contributed by atoms with Gasteiger partial charge in [-0.3, -0.25) is 4.79 Å². The van der Waals surface area contributed by atoms with Gasteiger partial charge in [-0.1, -0.05) is 30.3 Å². The minimum Gasteiger partial charge on any atom is -0.493 e. The number of benzene rings is 2. The van der Waals surface area contributed by atoms with E-state index in [2.05, 4.69) is 0 Å². The van der Waals surface area contributed by atoms with Crippen molar-refractivity contribution in [3.8, 4) is 5.75 Å². The lowest BCUT2D eigenvalue weighted by molar-refractivity contribution is -0.132. The van der Waals surface area contributed by atoms with Crippen molar-refractivity contribution >= 4 is 5.91 Å². The summed E-state index contributed by atoms with van der Waals surface area (Å²) >= 11 is 0. The Morgan fingerprint density at radius 2 is 2.09 bits per heavy atom. The molecule has 0 saturated heterocycles. The molecular weight excluding hydrogens is 293 g/mol. The minimum absolute atomic E-state index is 0.0416. The number of carbonyl (C=O) groups is 1. The average molecular weight is 313 g/mol. The summed E-state index contributed by atoms with van der Waals surface area (Å²) in [5.74, 6) is 0.658. The van der Waals surface area contributed by atoms with Crippen LogP contribution in [0.1, 0.15) is 30.0 Å². The van der Waals surface area contributed by atoms with Crippen molar-refractivity contribution in [3.63, 3.8) is 0 Å². The number of hydrogen-bond acceptors (Lipinski definition) is 2. The summed E-state index contributed by atoms with van der Waals surface area (Å²) in [6.07, 6.45) is 1.71. The van der Waals surface area contributed by atoms with Gasteiger partial charge < -0.3 is 9.64 Å². The lowest BCUT2D eigenvalue weighted by Crippen LogP contribution is -2.34. The van der Waals surface area contributed by atoms with Gasteiger partial charge in [0.25, 0.3) is 0 Å². The lowest BCUT2D eigenvalue weighted by atomic mass is 9.98. The average Bonchev–Trinajstić information content (AvgIpc) is 2.58. The van der Waals surface area contributed by atoms with Crippen LogP contribution in [-0.4, -0.2) is 24.5 Å². The first-order valence-electron chi connectivity index (χ1n) is 7.87. The predicted molar refractivity (Wildman–Crippen MR) is 86.8 cm³/mol. The molecule has 0 saturated carbocycles. The number of rotatable bonds is 4. The van der Waals surface area contributed by atoms with Gasteiger partial charge in [-0.25, -0.2) is 4.39 Å². The third-order valence-electron chi connectivity index (χ3n) is 4.30. The van der Waals surface area contributed by atoms with Gasteiger partial charge in [-0.05, 0) is 30.2 Å². The molecule has 2 aromatic carbocycles. The molecule has 1 amide bonds. The molecule has 4 heteroatoms. The highest BCUT2D eigenvalue weighted by atomic mass is 19.1. The summed E-state index contributed by atoms with van der Waals surface area (Å²) in [6, 6.07) is 14.3. The summed E-state index contributed by atoms with van der Waals surface area (Å²) in [6.45, 7) is 0.614. The second kappa shape index (κ2) is 6.82. The number of nitrogens with zero attached hydrogens (tertiary/aromatic N) is 1. The van der Waals surface area contributed by atoms with E-state index in [1.807, 2.05) is 37.4 Å². The summed E-state index contributed by atoms with van der Waals surface area (Å²) in [5, 5.41) is 0. The molecule has 2 aromatic rings. The Morgan fingerprint density at radius 3 is 2.91 bits per heavy atom. The van der Waals surface area contributed by atoms with Crippen LogP contribution in [0.5, 0.6) is 5.75 Å². The number of para-hydroxylation sites is 1. The van der Waals surface area contributed by atoms with E-state index in [-0.39, 0.29) is 17.8 Å². The largest absolute Gasteiger partial charge is 0.493 e. The number of amides is 1. The Labute approximate surface area is 135 Å². The highest BCUT2D eigenvalue weighted by molar-refractivity contribution is 5.77. The van der Waals surface area contributed by atoms with Gasteiger partial charge in [-0.2, -0.15) is 0 Å². The molecule has 3 nitrogen and oxygen atoms in total. The maximum Gasteiger partial charge on any atom is 0.223 e. The van der Waals surface area contributed by atoms with E-state index < -0.39 is 0 Å². The maximum absolute atomic E-state index is 13.2.